The SMILES string of the molecule is NNc1nc(NCC2(CO)CCCC2)c2ccsc2n1. The standard InChI is InChI=1S/C13H19N5OS/c14-18-12-16-10(9-3-6-20-11(9)17-12)15-7-13(8-19)4-1-2-5-13/h3,6,19H,1-2,4-5,7-8,14H2,(H2,15,16,17,18). The van der Waals surface area contributed by atoms with Crippen LogP contribution in [-0.2, 0) is 0 Å². The number of nitrogens with two attached hydrogens (primary N) is 1. The van der Waals surface area contributed by atoms with Crippen molar-refractivity contribution in [3.63, 3.8) is 0 Å². The fourth-order valence-corrected chi connectivity index (χ4v) is 3.61. The molecular formula is C13H19N5OS. The minimum Gasteiger partial charge on any atom is -0.396 e. The van der Waals surface area contributed by atoms with E-state index in [0.29, 0.717) is 5.95 Å². The third-order valence-electron chi connectivity index (χ3n) is 4.08. The number of hydrogen-bond acceptors (Lipinski definition) is 7. The van der Waals surface area contributed by atoms with Crippen molar-refractivity contribution in [2.45, 2.75) is 25.7 Å². The van der Waals surface area contributed by atoms with Crippen molar-refractivity contribution in [1.82, 2.24) is 9.97 Å². The first-order chi connectivity index (χ1) is 9.76. The predicted octanol–water partition coefficient (Wildman–Crippen LogP) is 1.94. The van der Waals surface area contributed by atoms with Crippen LogP contribution in [0, 0.1) is 5.41 Å². The summed E-state index contributed by atoms with van der Waals surface area (Å²) in [4.78, 5) is 9.60. The van der Waals surface area contributed by atoms with E-state index < -0.39 is 0 Å². The van der Waals surface area contributed by atoms with Gasteiger partial charge in [0.1, 0.15) is 10.6 Å². The first-order valence-electron chi connectivity index (χ1n) is 6.83. The molecule has 1 aliphatic carbocycles. The van der Waals surface area contributed by atoms with Gasteiger partial charge in [0.15, 0.2) is 0 Å². The van der Waals surface area contributed by atoms with Gasteiger partial charge in [-0.1, -0.05) is 12.8 Å². The number of hydrogen-bond donors (Lipinski definition) is 4. The molecule has 0 saturated heterocycles. The smallest absolute Gasteiger partial charge is 0.240 e. The van der Waals surface area contributed by atoms with Crippen molar-refractivity contribution in [2.24, 2.45) is 11.3 Å². The van der Waals surface area contributed by atoms with E-state index in [1.54, 1.807) is 11.3 Å². The zero-order valence-corrected chi connectivity index (χ0v) is 12.0. The summed E-state index contributed by atoms with van der Waals surface area (Å²) in [7, 11) is 0. The summed E-state index contributed by atoms with van der Waals surface area (Å²) in [5, 5.41) is 16.0. The molecule has 0 aliphatic heterocycles. The Labute approximate surface area is 121 Å². The second kappa shape index (κ2) is 5.51. The number of aliphatic hydroxyl groups excluding tert-OH is 1. The van der Waals surface area contributed by atoms with Crippen molar-refractivity contribution < 1.29 is 5.11 Å². The quantitative estimate of drug-likeness (QED) is 0.497. The number of fused-ring (bicyclic) bond motifs is 1. The van der Waals surface area contributed by atoms with Crippen LogP contribution >= 0.6 is 11.3 Å². The normalized spacial score (nSPS) is 17.5. The Morgan fingerprint density at radius 3 is 2.85 bits per heavy atom. The molecule has 5 N–H and O–H groups in total. The van der Waals surface area contributed by atoms with Gasteiger partial charge in [-0.05, 0) is 24.3 Å². The van der Waals surface area contributed by atoms with Gasteiger partial charge in [-0.3, -0.25) is 5.43 Å². The van der Waals surface area contributed by atoms with Gasteiger partial charge in [-0.2, -0.15) is 4.98 Å². The molecular weight excluding hydrogens is 274 g/mol. The largest absolute Gasteiger partial charge is 0.396 e. The fourth-order valence-electron chi connectivity index (χ4n) is 2.84. The van der Waals surface area contributed by atoms with Crippen molar-refractivity contribution in [1.29, 1.82) is 0 Å². The Morgan fingerprint density at radius 1 is 1.35 bits per heavy atom. The van der Waals surface area contributed by atoms with Gasteiger partial charge in [0.05, 0.1) is 12.0 Å². The monoisotopic (exact) mass is 293 g/mol. The second-order valence-corrected chi connectivity index (χ2v) is 6.29. The molecule has 1 fully saturated rings. The maximum absolute atomic E-state index is 9.67. The number of rotatable bonds is 5. The molecule has 0 amide bonds. The number of aromatic nitrogens is 2. The van der Waals surface area contributed by atoms with E-state index in [0.717, 1.165) is 35.4 Å². The Morgan fingerprint density at radius 2 is 2.15 bits per heavy atom. The van der Waals surface area contributed by atoms with Crippen LogP contribution in [0.2, 0.25) is 0 Å². The minimum absolute atomic E-state index is 0.0103. The first-order valence-corrected chi connectivity index (χ1v) is 7.71. The van der Waals surface area contributed by atoms with Crippen molar-refractivity contribution >= 4 is 33.3 Å². The lowest BCUT2D eigenvalue weighted by Gasteiger charge is -2.27. The molecule has 3 rings (SSSR count). The molecule has 2 heterocycles. The lowest BCUT2D eigenvalue weighted by molar-refractivity contribution is 0.142. The topological polar surface area (TPSA) is 96.1 Å². The van der Waals surface area contributed by atoms with E-state index in [1.165, 1.54) is 12.8 Å². The van der Waals surface area contributed by atoms with Crippen molar-refractivity contribution in [2.75, 3.05) is 23.9 Å². The van der Waals surface area contributed by atoms with E-state index in [-0.39, 0.29) is 12.0 Å². The Hall–Kier alpha value is -1.44. The molecule has 2 aromatic rings. The van der Waals surface area contributed by atoms with Crippen molar-refractivity contribution in [3.05, 3.63) is 11.4 Å². The van der Waals surface area contributed by atoms with E-state index >= 15 is 0 Å². The Balaban J connectivity index is 1.84. The molecule has 7 heteroatoms. The molecule has 108 valence electrons. The zero-order valence-electron chi connectivity index (χ0n) is 11.2. The molecule has 20 heavy (non-hydrogen) atoms. The van der Waals surface area contributed by atoms with Crippen LogP contribution < -0.4 is 16.6 Å². The van der Waals surface area contributed by atoms with Crippen molar-refractivity contribution in [3.8, 4) is 0 Å². The Kier molecular flexibility index (Phi) is 3.73. The van der Waals surface area contributed by atoms with Gasteiger partial charge < -0.3 is 10.4 Å². The summed E-state index contributed by atoms with van der Waals surface area (Å²) in [6, 6.07) is 2.00. The summed E-state index contributed by atoms with van der Waals surface area (Å²) in [6.45, 7) is 0.954. The molecule has 1 aliphatic rings. The maximum Gasteiger partial charge on any atom is 0.240 e. The molecule has 1 saturated carbocycles. The van der Waals surface area contributed by atoms with Gasteiger partial charge in [0.2, 0.25) is 5.95 Å². The molecule has 2 aromatic heterocycles. The number of nitrogens with one attached hydrogen (secondary N) is 2. The molecule has 0 aromatic carbocycles. The molecule has 0 atom stereocenters. The van der Waals surface area contributed by atoms with Crippen LogP contribution in [0.25, 0.3) is 10.2 Å². The number of anilines is 2. The first kappa shape index (κ1) is 13.5. The molecule has 0 spiro atoms. The second-order valence-electron chi connectivity index (χ2n) is 5.40. The van der Waals surface area contributed by atoms with E-state index in [2.05, 4.69) is 20.7 Å². The summed E-state index contributed by atoms with van der Waals surface area (Å²) in [5.74, 6) is 6.60. The minimum atomic E-state index is -0.0103. The Bertz CT molecular complexity index is 593. The summed E-state index contributed by atoms with van der Waals surface area (Å²) >= 11 is 1.56. The number of thiophene rings is 1. The van der Waals surface area contributed by atoms with E-state index in [4.69, 9.17) is 5.84 Å². The van der Waals surface area contributed by atoms with Gasteiger partial charge in [-0.15, -0.1) is 11.3 Å². The van der Waals surface area contributed by atoms with Crippen LogP contribution in [0.1, 0.15) is 25.7 Å². The summed E-state index contributed by atoms with van der Waals surface area (Å²) < 4.78 is 0. The zero-order chi connectivity index (χ0) is 14.0. The third-order valence-corrected chi connectivity index (χ3v) is 4.89. The van der Waals surface area contributed by atoms with E-state index in [9.17, 15) is 5.11 Å². The average Bonchev–Trinajstić information content (AvgIpc) is 3.14. The molecule has 0 radical (unpaired) electrons. The fraction of sp³-hybridized carbons (Fsp3) is 0.538. The third kappa shape index (κ3) is 2.44. The molecule has 0 bridgehead atoms. The lowest BCUT2D eigenvalue weighted by atomic mass is 9.87. The number of nitrogen functional groups attached to an aromatic ring is 1. The molecule has 0 unspecified atom stereocenters. The summed E-state index contributed by atoms with van der Waals surface area (Å²) in [5.41, 5.74) is 2.49. The number of aliphatic hydroxyl groups is 1. The van der Waals surface area contributed by atoms with E-state index in [1.807, 2.05) is 11.4 Å². The van der Waals surface area contributed by atoms with Gasteiger partial charge >= 0.3 is 0 Å². The predicted molar refractivity (Wildman–Crippen MR) is 81.7 cm³/mol. The number of hydrazine groups is 1. The highest BCUT2D eigenvalue weighted by atomic mass is 32.1. The average molecular weight is 293 g/mol. The van der Waals surface area contributed by atoms with Crippen LogP contribution in [0.5, 0.6) is 0 Å². The van der Waals surface area contributed by atoms with Crippen LogP contribution in [0.3, 0.4) is 0 Å². The maximum atomic E-state index is 9.67. The molecule has 6 nitrogen and oxygen atoms in total. The van der Waals surface area contributed by atoms with Gasteiger partial charge in [-0.25, -0.2) is 10.8 Å². The lowest BCUT2D eigenvalue weighted by Crippen LogP contribution is -2.31. The van der Waals surface area contributed by atoms with Gasteiger partial charge in [0.25, 0.3) is 0 Å². The van der Waals surface area contributed by atoms with Crippen LogP contribution in [0.15, 0.2) is 11.4 Å². The van der Waals surface area contributed by atoms with Crippen LogP contribution in [0.4, 0.5) is 11.8 Å². The number of nitrogens with zero attached hydrogens (tertiary/aromatic N) is 2. The highest BCUT2D eigenvalue weighted by Crippen LogP contribution is 2.38. The summed E-state index contributed by atoms with van der Waals surface area (Å²) in [6.07, 6.45) is 4.51. The van der Waals surface area contributed by atoms with Gasteiger partial charge in [0, 0.05) is 12.0 Å². The highest BCUT2D eigenvalue weighted by molar-refractivity contribution is 7.16. The highest BCUT2D eigenvalue weighted by Gasteiger charge is 2.33. The van der Waals surface area contributed by atoms with Crippen LogP contribution in [-0.4, -0.2) is 28.2 Å².